The van der Waals surface area contributed by atoms with E-state index in [9.17, 15) is 15.0 Å². The second kappa shape index (κ2) is 20.8. The van der Waals surface area contributed by atoms with Gasteiger partial charge < -0.3 is 14.0 Å². The molecule has 0 atom stereocenters. The third-order valence-corrected chi connectivity index (χ3v) is 7.69. The van der Waals surface area contributed by atoms with Crippen molar-refractivity contribution in [1.29, 1.82) is 0 Å². The Bertz CT molecular complexity index is 732. The topological polar surface area (TPSA) is 66.8 Å². The summed E-state index contributed by atoms with van der Waals surface area (Å²) in [6.45, 7) is 6.67. The number of carbonyl (C=O) groups is 1. The van der Waals surface area contributed by atoms with Gasteiger partial charge in [-0.3, -0.25) is 0 Å². The molecule has 4 nitrogen and oxygen atoms in total. The molecule has 1 rings (SSSR count). The number of halogens is 1. The summed E-state index contributed by atoms with van der Waals surface area (Å²) >= 11 is 2.82. The molecule has 0 aromatic heterocycles. The van der Waals surface area contributed by atoms with E-state index in [1.54, 1.807) is 0 Å². The van der Waals surface area contributed by atoms with Gasteiger partial charge in [0.05, 0.1) is 0 Å². The van der Waals surface area contributed by atoms with Gasteiger partial charge in [0.25, 0.3) is 0 Å². The normalized spacial score (nSPS) is 11.2. The highest BCUT2D eigenvalue weighted by molar-refractivity contribution is 9.06. The van der Waals surface area contributed by atoms with E-state index < -0.39 is 5.97 Å². The van der Waals surface area contributed by atoms with Crippen LogP contribution in [0.5, 0.6) is 11.5 Å². The molecule has 0 radical (unpaired) electrons. The summed E-state index contributed by atoms with van der Waals surface area (Å²) in [4.78, 5) is 12.7. The largest absolute Gasteiger partial charge is 0.504 e. The van der Waals surface area contributed by atoms with E-state index in [2.05, 4.69) is 37.0 Å². The molecule has 1 aromatic carbocycles. The van der Waals surface area contributed by atoms with Gasteiger partial charge in [0.1, 0.15) is 5.56 Å². The SMILES string of the molecule is CCCCCCCCc1c(O)c(O)c(C(=O)OBr)c(CCCCCCCC)c1CCCCCCCC. The van der Waals surface area contributed by atoms with E-state index in [0.717, 1.165) is 74.5 Å². The van der Waals surface area contributed by atoms with Crippen molar-refractivity contribution >= 4 is 22.2 Å². The minimum Gasteiger partial charge on any atom is -0.504 e. The number of unbranched alkanes of at least 4 members (excludes halogenated alkanes) is 15. The van der Waals surface area contributed by atoms with Crippen molar-refractivity contribution in [3.05, 3.63) is 22.3 Å². The molecule has 0 saturated heterocycles. The van der Waals surface area contributed by atoms with E-state index in [0.29, 0.717) is 0 Å². The van der Waals surface area contributed by atoms with Gasteiger partial charge in [-0.25, -0.2) is 4.79 Å². The van der Waals surface area contributed by atoms with Crippen molar-refractivity contribution < 1.29 is 18.8 Å². The first-order valence-corrected chi connectivity index (χ1v) is 15.6. The second-order valence-corrected chi connectivity index (χ2v) is 10.7. The summed E-state index contributed by atoms with van der Waals surface area (Å²) in [7, 11) is 0. The number of carbonyl (C=O) groups excluding carboxylic acids is 1. The van der Waals surface area contributed by atoms with E-state index >= 15 is 0 Å². The summed E-state index contributed by atoms with van der Waals surface area (Å²) in [6, 6.07) is 0. The van der Waals surface area contributed by atoms with E-state index in [1.807, 2.05) is 0 Å². The van der Waals surface area contributed by atoms with Crippen LogP contribution in [0.4, 0.5) is 0 Å². The van der Waals surface area contributed by atoms with Crippen LogP contribution in [0.1, 0.15) is 163 Å². The number of hydrogen-bond acceptors (Lipinski definition) is 4. The first-order chi connectivity index (χ1) is 17.5. The standard InChI is InChI=1S/C31H53BrO4/c1-4-7-10-13-16-19-22-25-26(23-20-17-14-11-8-5-2)28(31(35)36-32)30(34)29(33)27(25)24-21-18-15-12-9-6-3/h33-34H,4-24H2,1-3H3. The Balaban J connectivity index is 3.17. The predicted octanol–water partition coefficient (Wildman–Crippen LogP) is 10.3. The fourth-order valence-corrected chi connectivity index (χ4v) is 5.39. The van der Waals surface area contributed by atoms with Crippen LogP contribution in [0.3, 0.4) is 0 Å². The average Bonchev–Trinajstić information content (AvgIpc) is 2.88. The van der Waals surface area contributed by atoms with Crippen molar-refractivity contribution in [2.24, 2.45) is 0 Å². The highest BCUT2D eigenvalue weighted by Gasteiger charge is 2.27. The lowest BCUT2D eigenvalue weighted by Crippen LogP contribution is -2.11. The minimum absolute atomic E-state index is 0.121. The lowest BCUT2D eigenvalue weighted by atomic mass is 9.85. The maximum absolute atomic E-state index is 12.7. The number of benzene rings is 1. The zero-order chi connectivity index (χ0) is 26.6. The molecule has 0 heterocycles. The zero-order valence-electron chi connectivity index (χ0n) is 23.4. The molecule has 2 N–H and O–H groups in total. The fraction of sp³-hybridized carbons (Fsp3) is 0.774. The van der Waals surface area contributed by atoms with Crippen molar-refractivity contribution in [2.45, 2.75) is 156 Å². The van der Waals surface area contributed by atoms with Crippen LogP contribution in [0.25, 0.3) is 0 Å². The lowest BCUT2D eigenvalue weighted by Gasteiger charge is -2.21. The molecule has 0 aliphatic heterocycles. The molecule has 0 bridgehead atoms. The Morgan fingerprint density at radius 3 is 1.33 bits per heavy atom. The van der Waals surface area contributed by atoms with Gasteiger partial charge >= 0.3 is 5.97 Å². The third-order valence-electron chi connectivity index (χ3n) is 7.39. The highest BCUT2D eigenvalue weighted by atomic mass is 79.9. The molecule has 0 spiro atoms. The number of phenolic OH excluding ortho intramolecular Hbond substituents is 2. The van der Waals surface area contributed by atoms with Gasteiger partial charge in [0.2, 0.25) is 0 Å². The summed E-state index contributed by atoms with van der Waals surface area (Å²) in [6.07, 6.45) is 23.5. The van der Waals surface area contributed by atoms with E-state index in [1.165, 1.54) is 77.0 Å². The van der Waals surface area contributed by atoms with Crippen LogP contribution < -0.4 is 0 Å². The molecular formula is C31H53BrO4. The molecule has 0 aliphatic carbocycles. The quantitative estimate of drug-likeness (QED) is 0.108. The molecule has 0 saturated carbocycles. The van der Waals surface area contributed by atoms with Crippen LogP contribution in [-0.2, 0) is 23.1 Å². The number of phenols is 2. The van der Waals surface area contributed by atoms with Gasteiger partial charge in [-0.05, 0) is 49.7 Å². The predicted molar refractivity (Wildman–Crippen MR) is 155 cm³/mol. The number of aromatic hydroxyl groups is 2. The van der Waals surface area contributed by atoms with Crippen LogP contribution in [0.15, 0.2) is 0 Å². The Kier molecular flexibility index (Phi) is 18.9. The van der Waals surface area contributed by atoms with Gasteiger partial charge in [-0.15, -0.1) is 0 Å². The number of hydrogen-bond donors (Lipinski definition) is 2. The first kappa shape index (κ1) is 32.8. The van der Waals surface area contributed by atoms with Crippen molar-refractivity contribution in [3.63, 3.8) is 0 Å². The van der Waals surface area contributed by atoms with E-state index in [-0.39, 0.29) is 17.1 Å². The molecule has 0 fully saturated rings. The Labute approximate surface area is 230 Å². The maximum Gasteiger partial charge on any atom is 0.353 e. The number of rotatable bonds is 22. The summed E-state index contributed by atoms with van der Waals surface area (Å²) in [5.74, 6) is -1.06. The van der Waals surface area contributed by atoms with Gasteiger partial charge in [0, 0.05) is 5.56 Å². The summed E-state index contributed by atoms with van der Waals surface area (Å²) in [5.41, 5.74) is 2.96. The van der Waals surface area contributed by atoms with E-state index in [4.69, 9.17) is 3.83 Å². The van der Waals surface area contributed by atoms with Gasteiger partial charge in [-0.1, -0.05) is 117 Å². The zero-order valence-corrected chi connectivity index (χ0v) is 25.0. The highest BCUT2D eigenvalue weighted by Crippen LogP contribution is 2.41. The van der Waals surface area contributed by atoms with Crippen molar-refractivity contribution in [1.82, 2.24) is 0 Å². The maximum atomic E-state index is 12.7. The second-order valence-electron chi connectivity index (χ2n) is 10.4. The fourth-order valence-electron chi connectivity index (χ4n) is 5.23. The lowest BCUT2D eigenvalue weighted by molar-refractivity contribution is 0.0776. The summed E-state index contributed by atoms with van der Waals surface area (Å²) in [5, 5.41) is 22.0. The van der Waals surface area contributed by atoms with Crippen LogP contribution >= 0.6 is 16.3 Å². The Hall–Kier alpha value is -1.23. The van der Waals surface area contributed by atoms with Gasteiger partial charge in [0.15, 0.2) is 27.8 Å². The monoisotopic (exact) mass is 568 g/mol. The Morgan fingerprint density at radius 2 is 0.917 bits per heavy atom. The molecule has 1 aromatic rings. The molecular weight excluding hydrogens is 516 g/mol. The van der Waals surface area contributed by atoms with Crippen LogP contribution in [0, 0.1) is 0 Å². The molecule has 0 aliphatic rings. The molecule has 36 heavy (non-hydrogen) atoms. The molecule has 0 amide bonds. The molecule has 208 valence electrons. The molecule has 0 unspecified atom stereocenters. The minimum atomic E-state index is -0.626. The average molecular weight is 570 g/mol. The third kappa shape index (κ3) is 11.9. The summed E-state index contributed by atoms with van der Waals surface area (Å²) < 4.78 is 4.88. The van der Waals surface area contributed by atoms with Gasteiger partial charge in [-0.2, -0.15) is 0 Å². The van der Waals surface area contributed by atoms with Crippen molar-refractivity contribution in [2.75, 3.05) is 0 Å². The van der Waals surface area contributed by atoms with Crippen LogP contribution in [-0.4, -0.2) is 16.2 Å². The first-order valence-electron chi connectivity index (χ1n) is 14.9. The van der Waals surface area contributed by atoms with Crippen LogP contribution in [0.2, 0.25) is 0 Å². The Morgan fingerprint density at radius 1 is 0.556 bits per heavy atom. The van der Waals surface area contributed by atoms with Crippen molar-refractivity contribution in [3.8, 4) is 11.5 Å². The molecule has 5 heteroatoms. The smallest absolute Gasteiger partial charge is 0.353 e.